The molecule has 0 aromatic heterocycles. The maximum absolute atomic E-state index is 12.3. The summed E-state index contributed by atoms with van der Waals surface area (Å²) in [6.45, 7) is 1.59. The van der Waals surface area contributed by atoms with Gasteiger partial charge in [-0.3, -0.25) is 0 Å². The highest BCUT2D eigenvalue weighted by Crippen LogP contribution is 2.23. The molecule has 1 aliphatic heterocycles. The Morgan fingerprint density at radius 1 is 1.21 bits per heavy atom. The molecular formula is C18H19ClN2O3. The molecule has 0 aliphatic carbocycles. The molecule has 0 radical (unpaired) electrons. The van der Waals surface area contributed by atoms with Gasteiger partial charge < -0.3 is 20.1 Å². The smallest absolute Gasteiger partial charge is 0.319 e. The minimum Gasteiger partial charge on any atom is -0.382 e. The van der Waals surface area contributed by atoms with Crippen LogP contribution in [0.3, 0.4) is 0 Å². The minimum absolute atomic E-state index is 0.259. The van der Waals surface area contributed by atoms with E-state index in [9.17, 15) is 4.79 Å². The Bertz CT molecular complexity index is 719. The number of carbonyl (C=O) groups excluding carboxylic acids is 1. The summed E-state index contributed by atoms with van der Waals surface area (Å²) in [6.07, 6.45) is 0. The number of benzene rings is 2. The van der Waals surface area contributed by atoms with Crippen LogP contribution in [0.2, 0.25) is 5.02 Å². The highest BCUT2D eigenvalue weighted by molar-refractivity contribution is 6.30. The third-order valence-electron chi connectivity index (χ3n) is 3.89. The largest absolute Gasteiger partial charge is 0.382 e. The third kappa shape index (κ3) is 4.06. The van der Waals surface area contributed by atoms with Crippen molar-refractivity contribution >= 4 is 23.3 Å². The van der Waals surface area contributed by atoms with Gasteiger partial charge >= 0.3 is 6.03 Å². The summed E-state index contributed by atoms with van der Waals surface area (Å²) in [4.78, 5) is 12.3. The summed E-state index contributed by atoms with van der Waals surface area (Å²) in [5.41, 5.74) is 3.95. The number of hydrogen-bond donors (Lipinski definition) is 2. The highest BCUT2D eigenvalue weighted by Gasteiger charge is 2.16. The minimum atomic E-state index is -0.286. The SMILES string of the molecule is COC[C@H](NC(=O)Nc1ccc2c(c1)COC2)c1ccc(Cl)cc1. The molecule has 0 saturated carbocycles. The molecule has 2 aromatic carbocycles. The summed E-state index contributed by atoms with van der Waals surface area (Å²) in [5.74, 6) is 0. The molecule has 3 rings (SSSR count). The van der Waals surface area contributed by atoms with E-state index in [-0.39, 0.29) is 12.1 Å². The number of anilines is 1. The molecule has 0 unspecified atom stereocenters. The van der Waals surface area contributed by atoms with Crippen LogP contribution in [0.15, 0.2) is 42.5 Å². The molecule has 1 atom stereocenters. The predicted octanol–water partition coefficient (Wildman–Crippen LogP) is 3.88. The monoisotopic (exact) mass is 346 g/mol. The molecule has 0 spiro atoms. The Balaban J connectivity index is 1.66. The summed E-state index contributed by atoms with van der Waals surface area (Å²) in [7, 11) is 1.60. The number of fused-ring (bicyclic) bond motifs is 1. The number of ether oxygens (including phenoxy) is 2. The fourth-order valence-electron chi connectivity index (χ4n) is 2.66. The Hall–Kier alpha value is -2.08. The van der Waals surface area contributed by atoms with Crippen molar-refractivity contribution in [2.24, 2.45) is 0 Å². The topological polar surface area (TPSA) is 59.6 Å². The van der Waals surface area contributed by atoms with Gasteiger partial charge in [-0.2, -0.15) is 0 Å². The second kappa shape index (κ2) is 7.66. The van der Waals surface area contributed by atoms with Gasteiger partial charge in [-0.25, -0.2) is 4.79 Å². The van der Waals surface area contributed by atoms with Gasteiger partial charge in [0.25, 0.3) is 0 Å². The zero-order valence-corrected chi connectivity index (χ0v) is 14.1. The van der Waals surface area contributed by atoms with Gasteiger partial charge in [0.1, 0.15) is 0 Å². The second-order valence-corrected chi connectivity index (χ2v) is 6.07. The number of rotatable bonds is 5. The molecule has 1 aliphatic rings. The standard InChI is InChI=1S/C18H19ClN2O3/c1-23-11-17(12-2-5-15(19)6-3-12)21-18(22)20-16-7-4-13-9-24-10-14(13)8-16/h2-8,17H,9-11H2,1H3,(H2,20,21,22)/t17-/m0/s1. The molecule has 6 heteroatoms. The molecule has 0 bridgehead atoms. The van der Waals surface area contributed by atoms with Gasteiger partial charge in [0.2, 0.25) is 0 Å². The molecular weight excluding hydrogens is 328 g/mol. The van der Waals surface area contributed by atoms with E-state index >= 15 is 0 Å². The lowest BCUT2D eigenvalue weighted by Gasteiger charge is -2.19. The molecule has 0 saturated heterocycles. The number of halogens is 1. The summed E-state index contributed by atoms with van der Waals surface area (Å²) in [6, 6.07) is 12.6. The zero-order valence-electron chi connectivity index (χ0n) is 13.3. The summed E-state index contributed by atoms with van der Waals surface area (Å²) >= 11 is 5.91. The van der Waals surface area contributed by atoms with Crippen molar-refractivity contribution in [1.82, 2.24) is 5.32 Å². The van der Waals surface area contributed by atoms with Gasteiger partial charge in [-0.15, -0.1) is 0 Å². The van der Waals surface area contributed by atoms with Crippen molar-refractivity contribution in [1.29, 1.82) is 0 Å². The maximum atomic E-state index is 12.3. The Labute approximate surface area is 145 Å². The van der Waals surface area contributed by atoms with Gasteiger partial charge in [0.15, 0.2) is 0 Å². The Morgan fingerprint density at radius 3 is 2.71 bits per heavy atom. The van der Waals surface area contributed by atoms with Crippen molar-refractivity contribution in [2.75, 3.05) is 19.0 Å². The summed E-state index contributed by atoms with van der Waals surface area (Å²) in [5, 5.41) is 6.43. The Kier molecular flexibility index (Phi) is 5.35. The molecule has 5 nitrogen and oxygen atoms in total. The van der Waals surface area contributed by atoms with E-state index in [2.05, 4.69) is 10.6 Å². The van der Waals surface area contributed by atoms with Crippen molar-refractivity contribution in [3.05, 3.63) is 64.2 Å². The van der Waals surface area contributed by atoms with E-state index in [1.165, 1.54) is 5.56 Å². The molecule has 2 amide bonds. The molecule has 1 heterocycles. The van der Waals surface area contributed by atoms with Crippen LogP contribution in [-0.2, 0) is 22.7 Å². The molecule has 0 fully saturated rings. The summed E-state index contributed by atoms with van der Waals surface area (Å²) < 4.78 is 10.6. The van der Waals surface area contributed by atoms with E-state index in [1.54, 1.807) is 19.2 Å². The fourth-order valence-corrected chi connectivity index (χ4v) is 2.78. The first-order valence-corrected chi connectivity index (χ1v) is 8.05. The lowest BCUT2D eigenvalue weighted by atomic mass is 10.1. The van der Waals surface area contributed by atoms with E-state index in [4.69, 9.17) is 21.1 Å². The van der Waals surface area contributed by atoms with Crippen molar-refractivity contribution in [3.63, 3.8) is 0 Å². The maximum Gasteiger partial charge on any atom is 0.319 e. The third-order valence-corrected chi connectivity index (χ3v) is 4.14. The molecule has 126 valence electrons. The number of amides is 2. The number of nitrogens with one attached hydrogen (secondary N) is 2. The van der Waals surface area contributed by atoms with Crippen molar-refractivity contribution in [2.45, 2.75) is 19.3 Å². The normalized spacial score (nSPS) is 14.1. The van der Waals surface area contributed by atoms with E-state index in [0.717, 1.165) is 16.8 Å². The van der Waals surface area contributed by atoms with Gasteiger partial charge in [0.05, 0.1) is 25.9 Å². The molecule has 24 heavy (non-hydrogen) atoms. The number of hydrogen-bond acceptors (Lipinski definition) is 3. The van der Waals surface area contributed by atoms with Crippen LogP contribution < -0.4 is 10.6 Å². The van der Waals surface area contributed by atoms with Crippen LogP contribution in [0, 0.1) is 0 Å². The van der Waals surface area contributed by atoms with Crippen molar-refractivity contribution < 1.29 is 14.3 Å². The lowest BCUT2D eigenvalue weighted by Crippen LogP contribution is -2.34. The zero-order chi connectivity index (χ0) is 16.9. The van der Waals surface area contributed by atoms with Crippen LogP contribution in [0.4, 0.5) is 10.5 Å². The van der Waals surface area contributed by atoms with E-state index < -0.39 is 0 Å². The van der Waals surface area contributed by atoms with Gasteiger partial charge in [-0.05, 0) is 41.0 Å². The lowest BCUT2D eigenvalue weighted by molar-refractivity contribution is 0.134. The first kappa shape index (κ1) is 16.8. The van der Waals surface area contributed by atoms with Crippen LogP contribution in [0.1, 0.15) is 22.7 Å². The number of urea groups is 1. The Morgan fingerprint density at radius 2 is 1.96 bits per heavy atom. The molecule has 2 aromatic rings. The van der Waals surface area contributed by atoms with E-state index in [1.807, 2.05) is 30.3 Å². The van der Waals surface area contributed by atoms with Crippen LogP contribution in [0.5, 0.6) is 0 Å². The van der Waals surface area contributed by atoms with Crippen molar-refractivity contribution in [3.8, 4) is 0 Å². The first-order valence-electron chi connectivity index (χ1n) is 7.67. The van der Waals surface area contributed by atoms with Crippen LogP contribution in [0.25, 0.3) is 0 Å². The highest BCUT2D eigenvalue weighted by atomic mass is 35.5. The van der Waals surface area contributed by atoms with E-state index in [0.29, 0.717) is 24.8 Å². The van der Waals surface area contributed by atoms with Crippen LogP contribution in [-0.4, -0.2) is 19.7 Å². The van der Waals surface area contributed by atoms with Gasteiger partial charge in [-0.1, -0.05) is 29.8 Å². The second-order valence-electron chi connectivity index (χ2n) is 5.63. The average molecular weight is 347 g/mol. The van der Waals surface area contributed by atoms with Crippen LogP contribution >= 0.6 is 11.6 Å². The predicted molar refractivity (Wildman–Crippen MR) is 93.2 cm³/mol. The molecule has 2 N–H and O–H groups in total. The number of methoxy groups -OCH3 is 1. The average Bonchev–Trinajstić information content (AvgIpc) is 3.03. The fraction of sp³-hybridized carbons (Fsp3) is 0.278. The first-order chi connectivity index (χ1) is 11.7. The van der Waals surface area contributed by atoms with Gasteiger partial charge in [0, 0.05) is 17.8 Å². The quantitative estimate of drug-likeness (QED) is 0.863. The number of carbonyl (C=O) groups is 1.